The van der Waals surface area contributed by atoms with E-state index < -0.39 is 11.9 Å². The lowest BCUT2D eigenvalue weighted by molar-refractivity contribution is -0.141. The standard InChI is InChI=1S/C14H16BrN3O3/c1-9(14(19)20)7-18(2)8-12-16-17-13(21-12)10-3-5-11(15)6-4-10/h3-6,9H,7-8H2,1-2H3,(H,19,20). The summed E-state index contributed by atoms with van der Waals surface area (Å²) >= 11 is 3.37. The smallest absolute Gasteiger partial charge is 0.307 e. The van der Waals surface area contributed by atoms with Gasteiger partial charge >= 0.3 is 5.97 Å². The normalized spacial score (nSPS) is 12.6. The lowest BCUT2D eigenvalue weighted by Gasteiger charge is -2.16. The zero-order valence-electron chi connectivity index (χ0n) is 11.8. The SMILES string of the molecule is CC(CN(C)Cc1nnc(-c2ccc(Br)cc2)o1)C(=O)O. The zero-order valence-corrected chi connectivity index (χ0v) is 13.4. The van der Waals surface area contributed by atoms with Gasteiger partial charge in [0.1, 0.15) is 0 Å². The summed E-state index contributed by atoms with van der Waals surface area (Å²) in [6.45, 7) is 2.51. The molecule has 0 aliphatic heterocycles. The van der Waals surface area contributed by atoms with Gasteiger partial charge in [-0.2, -0.15) is 0 Å². The molecule has 112 valence electrons. The van der Waals surface area contributed by atoms with Crippen LogP contribution in [0.25, 0.3) is 11.5 Å². The van der Waals surface area contributed by atoms with Crippen molar-refractivity contribution in [2.45, 2.75) is 13.5 Å². The van der Waals surface area contributed by atoms with Gasteiger partial charge in [-0.25, -0.2) is 0 Å². The van der Waals surface area contributed by atoms with Crippen LogP contribution in [0, 0.1) is 5.92 Å². The van der Waals surface area contributed by atoms with Crippen LogP contribution in [0.2, 0.25) is 0 Å². The second kappa shape index (κ2) is 6.82. The third-order valence-electron chi connectivity index (χ3n) is 2.97. The van der Waals surface area contributed by atoms with E-state index in [0.29, 0.717) is 24.9 Å². The molecule has 1 atom stereocenters. The summed E-state index contributed by atoms with van der Waals surface area (Å²) in [5.74, 6) is -0.336. The molecule has 7 heteroatoms. The van der Waals surface area contributed by atoms with E-state index in [9.17, 15) is 4.79 Å². The van der Waals surface area contributed by atoms with Crippen LogP contribution in [0.1, 0.15) is 12.8 Å². The summed E-state index contributed by atoms with van der Waals surface area (Å²) in [7, 11) is 1.82. The van der Waals surface area contributed by atoms with Crippen LogP contribution in [-0.4, -0.2) is 39.8 Å². The Morgan fingerprint density at radius 1 is 1.38 bits per heavy atom. The maximum atomic E-state index is 10.8. The molecule has 0 amide bonds. The van der Waals surface area contributed by atoms with Gasteiger partial charge in [-0.3, -0.25) is 9.69 Å². The predicted molar refractivity (Wildman–Crippen MR) is 80.6 cm³/mol. The van der Waals surface area contributed by atoms with Gasteiger partial charge in [-0.15, -0.1) is 10.2 Å². The summed E-state index contributed by atoms with van der Waals surface area (Å²) in [4.78, 5) is 12.7. The predicted octanol–water partition coefficient (Wildman–Crippen LogP) is 2.65. The average Bonchev–Trinajstić information content (AvgIpc) is 2.87. The summed E-state index contributed by atoms with van der Waals surface area (Å²) in [5.41, 5.74) is 0.846. The monoisotopic (exact) mass is 353 g/mol. The van der Waals surface area contributed by atoms with Crippen LogP contribution in [0.5, 0.6) is 0 Å². The highest BCUT2D eigenvalue weighted by Gasteiger charge is 2.16. The highest BCUT2D eigenvalue weighted by Crippen LogP contribution is 2.20. The molecule has 2 rings (SSSR count). The van der Waals surface area contributed by atoms with Crippen molar-refractivity contribution in [1.29, 1.82) is 0 Å². The van der Waals surface area contributed by atoms with E-state index in [-0.39, 0.29) is 0 Å². The number of aliphatic carboxylic acids is 1. The Morgan fingerprint density at radius 2 is 2.05 bits per heavy atom. The number of hydrogen-bond donors (Lipinski definition) is 1. The molecule has 1 aromatic heterocycles. The van der Waals surface area contributed by atoms with Crippen molar-refractivity contribution in [3.63, 3.8) is 0 Å². The van der Waals surface area contributed by atoms with E-state index in [2.05, 4.69) is 26.1 Å². The zero-order chi connectivity index (χ0) is 15.4. The van der Waals surface area contributed by atoms with Crippen LogP contribution in [0.3, 0.4) is 0 Å². The second-order valence-electron chi connectivity index (χ2n) is 4.94. The molecule has 1 unspecified atom stereocenters. The van der Waals surface area contributed by atoms with Crippen molar-refractivity contribution >= 4 is 21.9 Å². The van der Waals surface area contributed by atoms with Crippen LogP contribution in [0.4, 0.5) is 0 Å². The summed E-state index contributed by atoms with van der Waals surface area (Å²) in [6.07, 6.45) is 0. The minimum absolute atomic E-state index is 0.418. The molecular formula is C14H16BrN3O3. The van der Waals surface area contributed by atoms with Crippen LogP contribution in [-0.2, 0) is 11.3 Å². The van der Waals surface area contributed by atoms with E-state index in [1.165, 1.54) is 0 Å². The van der Waals surface area contributed by atoms with Gasteiger partial charge in [0.2, 0.25) is 11.8 Å². The molecule has 0 aliphatic rings. The van der Waals surface area contributed by atoms with Gasteiger partial charge in [-0.05, 0) is 31.3 Å². The molecule has 21 heavy (non-hydrogen) atoms. The van der Waals surface area contributed by atoms with Crippen LogP contribution < -0.4 is 0 Å². The number of rotatable bonds is 6. The average molecular weight is 354 g/mol. The highest BCUT2D eigenvalue weighted by molar-refractivity contribution is 9.10. The molecule has 0 spiro atoms. The Kier molecular flexibility index (Phi) is 5.08. The maximum Gasteiger partial charge on any atom is 0.307 e. The van der Waals surface area contributed by atoms with Gasteiger partial charge in [0, 0.05) is 16.6 Å². The van der Waals surface area contributed by atoms with E-state index in [0.717, 1.165) is 10.0 Å². The first-order valence-corrected chi connectivity index (χ1v) is 7.24. The number of nitrogens with zero attached hydrogens (tertiary/aromatic N) is 3. The summed E-state index contributed by atoms with van der Waals surface area (Å²) in [5, 5.41) is 16.9. The van der Waals surface area contributed by atoms with Crippen molar-refractivity contribution in [2.24, 2.45) is 5.92 Å². The van der Waals surface area contributed by atoms with Gasteiger partial charge < -0.3 is 9.52 Å². The Bertz CT molecular complexity index is 612. The molecule has 6 nitrogen and oxygen atoms in total. The van der Waals surface area contributed by atoms with Crippen molar-refractivity contribution in [1.82, 2.24) is 15.1 Å². The third-order valence-corrected chi connectivity index (χ3v) is 3.50. The number of benzene rings is 1. The number of halogens is 1. The van der Waals surface area contributed by atoms with E-state index in [4.69, 9.17) is 9.52 Å². The van der Waals surface area contributed by atoms with Gasteiger partial charge in [-0.1, -0.05) is 22.9 Å². The number of carboxylic acids is 1. The molecule has 2 aromatic rings. The lowest BCUT2D eigenvalue weighted by atomic mass is 10.2. The molecule has 0 bridgehead atoms. The molecular weight excluding hydrogens is 338 g/mol. The molecule has 0 saturated heterocycles. The minimum Gasteiger partial charge on any atom is -0.481 e. The molecule has 1 aromatic carbocycles. The highest BCUT2D eigenvalue weighted by atomic mass is 79.9. The number of aromatic nitrogens is 2. The van der Waals surface area contributed by atoms with Crippen LogP contribution >= 0.6 is 15.9 Å². The molecule has 0 aliphatic carbocycles. The molecule has 1 N–H and O–H groups in total. The summed E-state index contributed by atoms with van der Waals surface area (Å²) in [6, 6.07) is 7.58. The fourth-order valence-electron chi connectivity index (χ4n) is 1.87. The Hall–Kier alpha value is -1.73. The van der Waals surface area contributed by atoms with E-state index in [1.807, 2.05) is 36.2 Å². The first kappa shape index (κ1) is 15.7. The molecule has 0 saturated carbocycles. The van der Waals surface area contributed by atoms with E-state index in [1.54, 1.807) is 6.92 Å². The largest absolute Gasteiger partial charge is 0.481 e. The topological polar surface area (TPSA) is 79.5 Å². The van der Waals surface area contributed by atoms with Gasteiger partial charge in [0.15, 0.2) is 0 Å². The number of carbonyl (C=O) groups is 1. The molecule has 0 fully saturated rings. The van der Waals surface area contributed by atoms with Crippen molar-refractivity contribution in [2.75, 3.05) is 13.6 Å². The maximum absolute atomic E-state index is 10.8. The minimum atomic E-state index is -0.817. The number of carboxylic acid groups (broad SMARTS) is 1. The Balaban J connectivity index is 2.00. The summed E-state index contributed by atoms with van der Waals surface area (Å²) < 4.78 is 6.58. The number of hydrogen-bond acceptors (Lipinski definition) is 5. The Labute approximate surface area is 130 Å². The first-order valence-electron chi connectivity index (χ1n) is 6.45. The van der Waals surface area contributed by atoms with Crippen molar-refractivity contribution < 1.29 is 14.3 Å². The fourth-order valence-corrected chi connectivity index (χ4v) is 2.13. The second-order valence-corrected chi connectivity index (χ2v) is 5.86. The Morgan fingerprint density at radius 3 is 2.67 bits per heavy atom. The quantitative estimate of drug-likeness (QED) is 0.859. The third kappa shape index (κ3) is 4.37. The van der Waals surface area contributed by atoms with Crippen LogP contribution in [0.15, 0.2) is 33.2 Å². The van der Waals surface area contributed by atoms with Crippen molar-refractivity contribution in [3.05, 3.63) is 34.6 Å². The first-order chi connectivity index (χ1) is 9.95. The van der Waals surface area contributed by atoms with Gasteiger partial charge in [0.25, 0.3) is 0 Å². The fraction of sp³-hybridized carbons (Fsp3) is 0.357. The lowest BCUT2D eigenvalue weighted by Crippen LogP contribution is -2.28. The molecule has 0 radical (unpaired) electrons. The van der Waals surface area contributed by atoms with Gasteiger partial charge in [0.05, 0.1) is 12.5 Å². The van der Waals surface area contributed by atoms with E-state index >= 15 is 0 Å². The molecule has 1 heterocycles. The van der Waals surface area contributed by atoms with Crippen molar-refractivity contribution in [3.8, 4) is 11.5 Å².